The first-order chi connectivity index (χ1) is 9.08. The van der Waals surface area contributed by atoms with E-state index in [4.69, 9.17) is 5.73 Å². The fourth-order valence-corrected chi connectivity index (χ4v) is 1.51. The maximum absolute atomic E-state index is 13.2. The quantitative estimate of drug-likeness (QED) is 0.818. The Morgan fingerprint density at radius 2 is 2.16 bits per heavy atom. The third-order valence-electron chi connectivity index (χ3n) is 2.56. The Morgan fingerprint density at radius 3 is 2.84 bits per heavy atom. The van der Waals surface area contributed by atoms with E-state index >= 15 is 0 Å². The molecule has 0 aliphatic heterocycles. The van der Waals surface area contributed by atoms with Gasteiger partial charge in [0, 0.05) is 6.20 Å². The van der Waals surface area contributed by atoms with Crippen LogP contribution < -0.4 is 11.1 Å². The average molecular weight is 260 g/mol. The van der Waals surface area contributed by atoms with Crippen molar-refractivity contribution in [3.05, 3.63) is 53.4 Å². The zero-order valence-corrected chi connectivity index (χ0v) is 10.4. The Labute approximate surface area is 109 Å². The second-order valence-corrected chi connectivity index (χ2v) is 4.03. The van der Waals surface area contributed by atoms with Crippen LogP contribution in [0.5, 0.6) is 0 Å². The van der Waals surface area contributed by atoms with Crippen molar-refractivity contribution >= 4 is 11.6 Å². The van der Waals surface area contributed by atoms with Gasteiger partial charge in [0.05, 0.1) is 35.4 Å². The highest BCUT2D eigenvalue weighted by atomic mass is 19.1. The average Bonchev–Trinajstić information content (AvgIpc) is 2.41. The Hall–Kier alpha value is -2.50. The predicted molar refractivity (Wildman–Crippen MR) is 68.8 cm³/mol. The van der Waals surface area contributed by atoms with Gasteiger partial charge in [-0.1, -0.05) is 6.07 Å². The summed E-state index contributed by atoms with van der Waals surface area (Å²) >= 11 is 0. The van der Waals surface area contributed by atoms with Crippen LogP contribution in [-0.2, 0) is 6.54 Å². The molecule has 0 aliphatic carbocycles. The van der Waals surface area contributed by atoms with Crippen LogP contribution in [0.1, 0.15) is 21.7 Å². The predicted octanol–water partition coefficient (Wildman–Crippen LogP) is 1.44. The van der Waals surface area contributed by atoms with Gasteiger partial charge in [-0.3, -0.25) is 14.8 Å². The van der Waals surface area contributed by atoms with E-state index in [9.17, 15) is 9.18 Å². The molecule has 0 unspecified atom stereocenters. The Bertz CT molecular complexity index is 598. The van der Waals surface area contributed by atoms with Crippen LogP contribution in [0.2, 0.25) is 0 Å². The van der Waals surface area contributed by atoms with Gasteiger partial charge in [-0.25, -0.2) is 4.39 Å². The van der Waals surface area contributed by atoms with Crippen LogP contribution in [-0.4, -0.2) is 15.9 Å². The smallest absolute Gasteiger partial charge is 0.253 e. The molecular formula is C13H13FN4O. The number of aromatic nitrogens is 2. The van der Waals surface area contributed by atoms with Crippen molar-refractivity contribution < 1.29 is 9.18 Å². The molecule has 0 saturated heterocycles. The number of nitrogens with zero attached hydrogens (tertiary/aromatic N) is 2. The third kappa shape index (κ3) is 3.04. The molecular weight excluding hydrogens is 247 g/mol. The molecule has 0 radical (unpaired) electrons. The molecule has 2 aromatic rings. The lowest BCUT2D eigenvalue weighted by molar-refractivity contribution is 0.0951. The number of hydrogen-bond acceptors (Lipinski definition) is 4. The molecule has 6 heteroatoms. The van der Waals surface area contributed by atoms with Gasteiger partial charge in [-0.05, 0) is 19.1 Å². The molecule has 1 amide bonds. The van der Waals surface area contributed by atoms with Crippen LogP contribution in [0.3, 0.4) is 0 Å². The number of aryl methyl sites for hydroxylation is 1. The fraction of sp³-hybridized carbons (Fsp3) is 0.154. The minimum Gasteiger partial charge on any atom is -0.396 e. The van der Waals surface area contributed by atoms with E-state index in [0.717, 1.165) is 5.69 Å². The van der Waals surface area contributed by atoms with E-state index in [0.29, 0.717) is 5.69 Å². The van der Waals surface area contributed by atoms with Gasteiger partial charge in [-0.2, -0.15) is 0 Å². The maximum atomic E-state index is 13.2. The number of benzene rings is 1. The largest absolute Gasteiger partial charge is 0.396 e. The number of anilines is 1. The number of rotatable bonds is 3. The number of halogens is 1. The van der Waals surface area contributed by atoms with Gasteiger partial charge in [0.25, 0.3) is 5.91 Å². The molecule has 19 heavy (non-hydrogen) atoms. The number of carbonyl (C=O) groups is 1. The lowest BCUT2D eigenvalue weighted by Gasteiger charge is -2.07. The number of hydrogen-bond donors (Lipinski definition) is 2. The van der Waals surface area contributed by atoms with Crippen molar-refractivity contribution in [3.8, 4) is 0 Å². The number of nitrogens with two attached hydrogens (primary N) is 1. The zero-order valence-electron chi connectivity index (χ0n) is 10.4. The highest BCUT2D eigenvalue weighted by Crippen LogP contribution is 2.15. The Balaban J connectivity index is 2.05. The van der Waals surface area contributed by atoms with Crippen molar-refractivity contribution in [3.63, 3.8) is 0 Å². The minimum absolute atomic E-state index is 0.111. The maximum Gasteiger partial charge on any atom is 0.253 e. The van der Waals surface area contributed by atoms with E-state index < -0.39 is 11.7 Å². The monoisotopic (exact) mass is 260 g/mol. The second kappa shape index (κ2) is 5.43. The van der Waals surface area contributed by atoms with E-state index in [1.165, 1.54) is 18.2 Å². The highest BCUT2D eigenvalue weighted by Gasteiger charge is 2.12. The number of carbonyl (C=O) groups excluding carboxylic acids is 1. The fourth-order valence-electron chi connectivity index (χ4n) is 1.51. The summed E-state index contributed by atoms with van der Waals surface area (Å²) in [4.78, 5) is 20.0. The number of nitrogen functional groups attached to an aromatic ring is 1. The van der Waals surface area contributed by atoms with Gasteiger partial charge in [0.15, 0.2) is 0 Å². The lowest BCUT2D eigenvalue weighted by atomic mass is 10.1. The molecule has 0 saturated carbocycles. The van der Waals surface area contributed by atoms with Gasteiger partial charge in [0.2, 0.25) is 0 Å². The van der Waals surface area contributed by atoms with Gasteiger partial charge < -0.3 is 11.1 Å². The summed E-state index contributed by atoms with van der Waals surface area (Å²) in [6, 6.07) is 4.11. The van der Waals surface area contributed by atoms with E-state index in [1.807, 2.05) is 6.92 Å². The zero-order chi connectivity index (χ0) is 13.8. The summed E-state index contributed by atoms with van der Waals surface area (Å²) in [7, 11) is 0. The standard InChI is InChI=1S/C13H13FN4O/c1-8-5-17-9(6-16-8)7-18-13(19)10-3-2-4-11(14)12(10)15/h2-6H,7,15H2,1H3,(H,18,19). The van der Waals surface area contributed by atoms with Gasteiger partial charge in [0.1, 0.15) is 5.82 Å². The van der Waals surface area contributed by atoms with E-state index in [-0.39, 0.29) is 17.8 Å². The van der Waals surface area contributed by atoms with Crippen molar-refractivity contribution in [2.75, 3.05) is 5.73 Å². The first kappa shape index (κ1) is 12.9. The van der Waals surface area contributed by atoms with Crippen LogP contribution in [0.4, 0.5) is 10.1 Å². The summed E-state index contributed by atoms with van der Waals surface area (Å²) in [5.41, 5.74) is 6.88. The molecule has 0 fully saturated rings. The molecule has 3 N–H and O–H groups in total. The molecule has 5 nitrogen and oxygen atoms in total. The molecule has 98 valence electrons. The number of amides is 1. The number of nitrogens with one attached hydrogen (secondary N) is 1. The molecule has 0 spiro atoms. The summed E-state index contributed by atoms with van der Waals surface area (Å²) in [5, 5.41) is 2.61. The molecule has 0 aliphatic rings. The third-order valence-corrected chi connectivity index (χ3v) is 2.56. The lowest BCUT2D eigenvalue weighted by Crippen LogP contribution is -2.24. The molecule has 0 atom stereocenters. The summed E-state index contributed by atoms with van der Waals surface area (Å²) in [5.74, 6) is -1.05. The summed E-state index contributed by atoms with van der Waals surface area (Å²) < 4.78 is 13.2. The molecule has 1 aromatic carbocycles. The molecule has 2 rings (SSSR count). The van der Waals surface area contributed by atoms with Crippen LogP contribution in [0, 0.1) is 12.7 Å². The number of para-hydroxylation sites is 1. The summed E-state index contributed by atoms with van der Waals surface area (Å²) in [6.07, 6.45) is 3.18. The molecule has 1 heterocycles. The van der Waals surface area contributed by atoms with E-state index in [1.54, 1.807) is 12.4 Å². The molecule has 0 bridgehead atoms. The Kier molecular flexibility index (Phi) is 3.70. The first-order valence-electron chi connectivity index (χ1n) is 5.67. The van der Waals surface area contributed by atoms with Crippen molar-refractivity contribution in [1.82, 2.24) is 15.3 Å². The first-order valence-corrected chi connectivity index (χ1v) is 5.67. The van der Waals surface area contributed by atoms with Gasteiger partial charge in [-0.15, -0.1) is 0 Å². The van der Waals surface area contributed by atoms with Crippen molar-refractivity contribution in [1.29, 1.82) is 0 Å². The minimum atomic E-state index is -0.609. The van der Waals surface area contributed by atoms with Crippen LogP contribution in [0.25, 0.3) is 0 Å². The highest BCUT2D eigenvalue weighted by molar-refractivity contribution is 5.99. The van der Waals surface area contributed by atoms with Crippen LogP contribution in [0.15, 0.2) is 30.6 Å². The topological polar surface area (TPSA) is 80.9 Å². The second-order valence-electron chi connectivity index (χ2n) is 4.03. The van der Waals surface area contributed by atoms with Crippen molar-refractivity contribution in [2.24, 2.45) is 0 Å². The SMILES string of the molecule is Cc1cnc(CNC(=O)c2cccc(F)c2N)cn1. The van der Waals surface area contributed by atoms with Gasteiger partial charge >= 0.3 is 0 Å². The summed E-state index contributed by atoms with van der Waals surface area (Å²) in [6.45, 7) is 2.03. The van der Waals surface area contributed by atoms with Crippen LogP contribution >= 0.6 is 0 Å². The normalized spacial score (nSPS) is 10.2. The molecule has 1 aromatic heterocycles. The Morgan fingerprint density at radius 1 is 1.37 bits per heavy atom. The van der Waals surface area contributed by atoms with E-state index in [2.05, 4.69) is 15.3 Å². The van der Waals surface area contributed by atoms with Crippen molar-refractivity contribution in [2.45, 2.75) is 13.5 Å².